The summed E-state index contributed by atoms with van der Waals surface area (Å²) >= 11 is 5.83. The Morgan fingerprint density at radius 1 is 1.24 bits per heavy atom. The molecule has 13 heteroatoms. The Labute approximate surface area is 194 Å². The maximum atomic E-state index is 14.8. The molecule has 4 rings (SSSR count). The normalized spacial score (nSPS) is 20.4. The third-order valence-corrected chi connectivity index (χ3v) is 5.31. The standard InChI is InChI=1S/C21H15ClF4N4O4/c1-20(8-17(21(24,25)26)28-18(33-20)29-19(31)32)12-6-10(2-4-13(12)23)16-7-15(30-34-16)14-5-3-11(22)9-27-14/h2-7,9,17H,8H2,1H3,(H,28,29)(H,31,32)/t17-,20-/m0/s1. The molecule has 3 aromatic rings. The topological polar surface area (TPSA) is 110 Å². The second kappa shape index (κ2) is 8.60. The average Bonchev–Trinajstić information content (AvgIpc) is 3.23. The zero-order valence-electron chi connectivity index (χ0n) is 17.2. The van der Waals surface area contributed by atoms with Crippen molar-refractivity contribution < 1.29 is 36.7 Å². The minimum absolute atomic E-state index is 0.192. The molecule has 178 valence electrons. The van der Waals surface area contributed by atoms with Crippen molar-refractivity contribution in [1.82, 2.24) is 15.5 Å². The van der Waals surface area contributed by atoms with Gasteiger partial charge in [0.05, 0.1) is 10.7 Å². The Bertz CT molecular complexity index is 1260. The third-order valence-electron chi connectivity index (χ3n) is 5.09. The Kier molecular flexibility index (Phi) is 5.94. The Balaban J connectivity index is 1.71. The van der Waals surface area contributed by atoms with Gasteiger partial charge >= 0.3 is 12.3 Å². The van der Waals surface area contributed by atoms with Crippen LogP contribution in [0.5, 0.6) is 0 Å². The second-order valence-corrected chi connectivity index (χ2v) is 8.03. The summed E-state index contributed by atoms with van der Waals surface area (Å²) in [5.74, 6) is -0.666. The van der Waals surface area contributed by atoms with Crippen molar-refractivity contribution in [2.45, 2.75) is 31.2 Å². The second-order valence-electron chi connectivity index (χ2n) is 7.59. The van der Waals surface area contributed by atoms with Gasteiger partial charge in [-0.15, -0.1) is 0 Å². The van der Waals surface area contributed by atoms with E-state index in [1.165, 1.54) is 31.3 Å². The number of alkyl halides is 3. The number of hydrogen-bond donors (Lipinski definition) is 2. The molecule has 2 atom stereocenters. The number of ether oxygens (including phenoxy) is 1. The first kappa shape index (κ1) is 23.5. The number of halogens is 5. The van der Waals surface area contributed by atoms with Gasteiger partial charge in [-0.05, 0) is 37.3 Å². The Morgan fingerprint density at radius 3 is 2.65 bits per heavy atom. The van der Waals surface area contributed by atoms with E-state index < -0.39 is 42.2 Å². The number of nitrogens with one attached hydrogen (secondary N) is 1. The van der Waals surface area contributed by atoms with E-state index >= 15 is 0 Å². The summed E-state index contributed by atoms with van der Waals surface area (Å²) in [7, 11) is 0. The van der Waals surface area contributed by atoms with Gasteiger partial charge < -0.3 is 14.4 Å². The van der Waals surface area contributed by atoms with Gasteiger partial charge in [-0.2, -0.15) is 13.2 Å². The maximum absolute atomic E-state index is 14.8. The molecule has 0 unspecified atom stereocenters. The molecule has 1 aliphatic rings. The minimum Gasteiger partial charge on any atom is -0.465 e. The van der Waals surface area contributed by atoms with Crippen molar-refractivity contribution in [2.75, 3.05) is 0 Å². The predicted molar refractivity (Wildman–Crippen MR) is 112 cm³/mol. The molecule has 0 radical (unpaired) electrons. The van der Waals surface area contributed by atoms with Crippen molar-refractivity contribution in [3.8, 4) is 22.7 Å². The molecule has 1 amide bonds. The van der Waals surface area contributed by atoms with E-state index in [4.69, 9.17) is 26.0 Å². The number of pyridine rings is 1. The maximum Gasteiger partial charge on any atom is 0.412 e. The molecule has 2 aromatic heterocycles. The van der Waals surface area contributed by atoms with Crippen molar-refractivity contribution in [3.63, 3.8) is 0 Å². The van der Waals surface area contributed by atoms with E-state index in [9.17, 15) is 22.4 Å². The lowest BCUT2D eigenvalue weighted by atomic mass is 9.86. The zero-order valence-corrected chi connectivity index (χ0v) is 18.0. The lowest BCUT2D eigenvalue weighted by molar-refractivity contribution is -0.164. The lowest BCUT2D eigenvalue weighted by Gasteiger charge is -2.38. The van der Waals surface area contributed by atoms with Gasteiger partial charge in [0, 0.05) is 29.8 Å². The quantitative estimate of drug-likeness (QED) is 0.469. The predicted octanol–water partition coefficient (Wildman–Crippen LogP) is 5.39. The van der Waals surface area contributed by atoms with Crippen LogP contribution in [0.4, 0.5) is 22.4 Å². The highest BCUT2D eigenvalue weighted by Crippen LogP contribution is 2.42. The molecule has 0 saturated carbocycles. The zero-order chi connectivity index (χ0) is 24.7. The van der Waals surface area contributed by atoms with Gasteiger partial charge in [-0.3, -0.25) is 4.98 Å². The number of nitrogens with zero attached hydrogens (tertiary/aromatic N) is 3. The molecule has 3 heterocycles. The Hall–Kier alpha value is -3.67. The first-order valence-corrected chi connectivity index (χ1v) is 10.0. The summed E-state index contributed by atoms with van der Waals surface area (Å²) in [5, 5.41) is 14.9. The molecular weight excluding hydrogens is 484 g/mol. The smallest absolute Gasteiger partial charge is 0.412 e. The molecule has 2 N–H and O–H groups in total. The first-order valence-electron chi connectivity index (χ1n) is 9.67. The van der Waals surface area contributed by atoms with Crippen LogP contribution in [-0.2, 0) is 10.3 Å². The number of carboxylic acid groups (broad SMARTS) is 1. The number of carbonyl (C=O) groups is 1. The highest BCUT2D eigenvalue weighted by Gasteiger charge is 2.50. The molecule has 34 heavy (non-hydrogen) atoms. The van der Waals surface area contributed by atoms with Gasteiger partial charge in [0.15, 0.2) is 11.8 Å². The fourth-order valence-corrected chi connectivity index (χ4v) is 3.60. The molecule has 8 nitrogen and oxygen atoms in total. The number of rotatable bonds is 3. The number of aromatic nitrogens is 2. The van der Waals surface area contributed by atoms with Crippen LogP contribution in [0, 0.1) is 5.82 Å². The van der Waals surface area contributed by atoms with Crippen LogP contribution in [-0.4, -0.2) is 39.6 Å². The number of aliphatic imine (C=N–C) groups is 1. The third kappa shape index (κ3) is 4.81. The minimum atomic E-state index is -4.81. The summed E-state index contributed by atoms with van der Waals surface area (Å²) in [6, 6.07) is 5.20. The van der Waals surface area contributed by atoms with E-state index in [0.29, 0.717) is 22.0 Å². The van der Waals surface area contributed by atoms with E-state index in [1.807, 2.05) is 0 Å². The van der Waals surface area contributed by atoms with E-state index in [1.54, 1.807) is 17.4 Å². The summed E-state index contributed by atoms with van der Waals surface area (Å²) in [5.41, 5.74) is -1.04. The van der Waals surface area contributed by atoms with Crippen LogP contribution in [0.25, 0.3) is 22.7 Å². The molecule has 1 aliphatic heterocycles. The van der Waals surface area contributed by atoms with Crippen LogP contribution in [0.3, 0.4) is 0 Å². The van der Waals surface area contributed by atoms with Gasteiger partial charge in [0.2, 0.25) is 0 Å². The molecular formula is C21H15ClF4N4O4. The van der Waals surface area contributed by atoms with Crippen molar-refractivity contribution in [1.29, 1.82) is 0 Å². The van der Waals surface area contributed by atoms with Crippen molar-refractivity contribution >= 4 is 23.7 Å². The van der Waals surface area contributed by atoms with Crippen LogP contribution >= 0.6 is 11.6 Å². The van der Waals surface area contributed by atoms with E-state index in [-0.39, 0.29) is 11.3 Å². The van der Waals surface area contributed by atoms with Crippen molar-refractivity contribution in [2.24, 2.45) is 4.99 Å². The van der Waals surface area contributed by atoms with Crippen LogP contribution in [0.15, 0.2) is 52.1 Å². The molecule has 0 bridgehead atoms. The molecule has 1 aromatic carbocycles. The number of hydrogen-bond acceptors (Lipinski definition) is 6. The molecule has 0 aliphatic carbocycles. The Morgan fingerprint density at radius 2 is 2.00 bits per heavy atom. The van der Waals surface area contributed by atoms with E-state index in [2.05, 4.69) is 15.1 Å². The largest absolute Gasteiger partial charge is 0.465 e. The fraction of sp³-hybridized carbons (Fsp3) is 0.238. The van der Waals surface area contributed by atoms with Crippen molar-refractivity contribution in [3.05, 3.63) is 59.0 Å². The SMILES string of the molecule is C[C@@]1(c2cc(-c3cc(-c4ccc(Cl)cn4)no3)ccc2F)C[C@@H](C(F)(F)F)N=C(NC(=O)O)O1. The fourth-order valence-electron chi connectivity index (χ4n) is 3.48. The lowest BCUT2D eigenvalue weighted by Crippen LogP contribution is -2.48. The van der Waals surface area contributed by atoms with Crippen LogP contribution in [0.2, 0.25) is 5.02 Å². The first-order chi connectivity index (χ1) is 15.9. The van der Waals surface area contributed by atoms with Gasteiger partial charge in [-0.1, -0.05) is 16.8 Å². The highest BCUT2D eigenvalue weighted by atomic mass is 35.5. The van der Waals surface area contributed by atoms with Gasteiger partial charge in [0.1, 0.15) is 17.1 Å². The summed E-state index contributed by atoms with van der Waals surface area (Å²) in [6.45, 7) is 1.22. The van der Waals surface area contributed by atoms with Crippen LogP contribution < -0.4 is 5.32 Å². The van der Waals surface area contributed by atoms with Crippen LogP contribution in [0.1, 0.15) is 18.9 Å². The van der Waals surface area contributed by atoms with E-state index in [0.717, 1.165) is 6.07 Å². The monoisotopic (exact) mass is 498 g/mol. The average molecular weight is 499 g/mol. The molecule has 0 spiro atoms. The van der Waals surface area contributed by atoms with Gasteiger partial charge in [0.25, 0.3) is 6.02 Å². The summed E-state index contributed by atoms with van der Waals surface area (Å²) in [6.07, 6.45) is -5.85. The number of amides is 1. The highest BCUT2D eigenvalue weighted by molar-refractivity contribution is 6.30. The summed E-state index contributed by atoms with van der Waals surface area (Å²) < 4.78 is 66.0. The molecule has 0 saturated heterocycles. The number of benzene rings is 1. The molecule has 0 fully saturated rings. The van der Waals surface area contributed by atoms with Gasteiger partial charge in [-0.25, -0.2) is 19.5 Å². The number of amidine groups is 1. The summed E-state index contributed by atoms with van der Waals surface area (Å²) in [4.78, 5) is 18.4.